The largest absolute Gasteiger partial charge is 0.352 e. The molecule has 0 saturated heterocycles. The fourth-order valence-electron chi connectivity index (χ4n) is 4.88. The Morgan fingerprint density at radius 1 is 0.844 bits per heavy atom. The SMILES string of the molecule is CC[C@@H](C)NC(=O)[C@@H](Cc1ccccc1)N(Cc1ccccc1)C(=O)CN(c1ccc(C)c(Cl)c1)S(=O)(=O)c1ccc(C)cc1. The number of hydrogen-bond donors (Lipinski definition) is 1. The van der Waals surface area contributed by atoms with Crippen molar-refractivity contribution in [1.82, 2.24) is 10.2 Å². The fraction of sp³-hybridized carbons (Fsp3) is 0.278. The van der Waals surface area contributed by atoms with Gasteiger partial charge in [0.1, 0.15) is 12.6 Å². The molecule has 236 valence electrons. The second kappa shape index (κ2) is 15.2. The summed E-state index contributed by atoms with van der Waals surface area (Å²) in [6.45, 7) is 7.16. The molecule has 4 aromatic rings. The van der Waals surface area contributed by atoms with Gasteiger partial charge < -0.3 is 10.2 Å². The second-order valence-corrected chi connectivity index (χ2v) is 13.6. The molecule has 9 heteroatoms. The van der Waals surface area contributed by atoms with Crippen LogP contribution in [0.2, 0.25) is 5.02 Å². The van der Waals surface area contributed by atoms with Gasteiger partial charge in [0, 0.05) is 24.0 Å². The highest BCUT2D eigenvalue weighted by Crippen LogP contribution is 2.29. The van der Waals surface area contributed by atoms with Crippen molar-refractivity contribution < 1.29 is 18.0 Å². The van der Waals surface area contributed by atoms with E-state index in [0.717, 1.165) is 26.6 Å². The number of benzene rings is 4. The Morgan fingerprint density at radius 2 is 1.44 bits per heavy atom. The van der Waals surface area contributed by atoms with E-state index in [0.29, 0.717) is 11.4 Å². The predicted octanol–water partition coefficient (Wildman–Crippen LogP) is 6.71. The maximum atomic E-state index is 14.5. The van der Waals surface area contributed by atoms with Crippen LogP contribution in [0.15, 0.2) is 108 Å². The molecular formula is C36H40ClN3O4S. The number of sulfonamides is 1. The number of rotatable bonds is 13. The molecule has 0 saturated carbocycles. The zero-order valence-electron chi connectivity index (χ0n) is 26.1. The topological polar surface area (TPSA) is 86.8 Å². The normalized spacial score (nSPS) is 12.6. The molecule has 4 aromatic carbocycles. The Balaban J connectivity index is 1.81. The smallest absolute Gasteiger partial charge is 0.264 e. The third-order valence-electron chi connectivity index (χ3n) is 7.80. The third kappa shape index (κ3) is 8.74. The van der Waals surface area contributed by atoms with Gasteiger partial charge in [-0.05, 0) is 68.1 Å². The highest BCUT2D eigenvalue weighted by Gasteiger charge is 2.35. The van der Waals surface area contributed by atoms with E-state index in [9.17, 15) is 18.0 Å². The summed E-state index contributed by atoms with van der Waals surface area (Å²) < 4.78 is 29.4. The lowest BCUT2D eigenvalue weighted by molar-refractivity contribution is -0.140. The second-order valence-electron chi connectivity index (χ2n) is 11.3. The average Bonchev–Trinajstić information content (AvgIpc) is 3.03. The van der Waals surface area contributed by atoms with Crippen LogP contribution in [-0.2, 0) is 32.6 Å². The summed E-state index contributed by atoms with van der Waals surface area (Å²) in [5, 5.41) is 3.42. The van der Waals surface area contributed by atoms with Gasteiger partial charge in [0.2, 0.25) is 11.8 Å². The van der Waals surface area contributed by atoms with Gasteiger partial charge >= 0.3 is 0 Å². The van der Waals surface area contributed by atoms with Crippen molar-refractivity contribution in [3.8, 4) is 0 Å². The van der Waals surface area contributed by atoms with E-state index in [-0.39, 0.29) is 35.5 Å². The van der Waals surface area contributed by atoms with Gasteiger partial charge in [-0.2, -0.15) is 0 Å². The van der Waals surface area contributed by atoms with Crippen molar-refractivity contribution in [3.63, 3.8) is 0 Å². The molecule has 4 rings (SSSR count). The van der Waals surface area contributed by atoms with Crippen molar-refractivity contribution in [2.75, 3.05) is 10.8 Å². The number of nitrogens with one attached hydrogen (secondary N) is 1. The number of halogens is 1. The van der Waals surface area contributed by atoms with Crippen molar-refractivity contribution in [1.29, 1.82) is 0 Å². The van der Waals surface area contributed by atoms with Crippen LogP contribution < -0.4 is 9.62 Å². The van der Waals surface area contributed by atoms with Crippen LogP contribution in [0.5, 0.6) is 0 Å². The molecule has 0 spiro atoms. The number of nitrogens with zero attached hydrogens (tertiary/aromatic N) is 2. The summed E-state index contributed by atoms with van der Waals surface area (Å²) in [7, 11) is -4.20. The van der Waals surface area contributed by atoms with E-state index in [1.54, 1.807) is 30.3 Å². The number of anilines is 1. The molecule has 0 aliphatic heterocycles. The first-order chi connectivity index (χ1) is 21.5. The summed E-state index contributed by atoms with van der Waals surface area (Å²) in [4.78, 5) is 29.9. The van der Waals surface area contributed by atoms with Gasteiger partial charge in [0.25, 0.3) is 10.0 Å². The predicted molar refractivity (Wildman–Crippen MR) is 181 cm³/mol. The quantitative estimate of drug-likeness (QED) is 0.175. The first kappa shape index (κ1) is 33.7. The minimum absolute atomic E-state index is 0.0440. The van der Waals surface area contributed by atoms with Gasteiger partial charge in [-0.15, -0.1) is 0 Å². The van der Waals surface area contributed by atoms with Crippen molar-refractivity contribution >= 4 is 39.1 Å². The zero-order chi connectivity index (χ0) is 32.6. The first-order valence-corrected chi connectivity index (χ1v) is 16.8. The van der Waals surface area contributed by atoms with Crippen molar-refractivity contribution in [2.45, 2.75) is 64.1 Å². The van der Waals surface area contributed by atoms with Crippen LogP contribution >= 0.6 is 11.6 Å². The Kier molecular flexibility index (Phi) is 11.4. The molecule has 0 unspecified atom stereocenters. The molecular weight excluding hydrogens is 606 g/mol. The molecule has 45 heavy (non-hydrogen) atoms. The summed E-state index contributed by atoms with van der Waals surface area (Å²) in [6, 6.07) is 29.2. The van der Waals surface area contributed by atoms with Gasteiger partial charge in [0.15, 0.2) is 0 Å². The number of amides is 2. The Bertz CT molecular complexity index is 1700. The lowest BCUT2D eigenvalue weighted by Crippen LogP contribution is -2.54. The lowest BCUT2D eigenvalue weighted by Gasteiger charge is -2.34. The number of carbonyl (C=O) groups is 2. The average molecular weight is 646 g/mol. The number of aryl methyl sites for hydroxylation is 2. The van der Waals surface area contributed by atoms with E-state index >= 15 is 0 Å². The summed E-state index contributed by atoms with van der Waals surface area (Å²) in [6.07, 6.45) is 0.968. The summed E-state index contributed by atoms with van der Waals surface area (Å²) in [5.41, 5.74) is 3.62. The molecule has 2 atom stereocenters. The highest BCUT2D eigenvalue weighted by molar-refractivity contribution is 7.92. The monoisotopic (exact) mass is 645 g/mol. The maximum absolute atomic E-state index is 14.5. The van der Waals surface area contributed by atoms with Crippen LogP contribution in [0.1, 0.15) is 42.5 Å². The standard InChI is InChI=1S/C36H40ClN3O4S/c1-5-28(4)38-36(42)34(22-29-12-8-6-9-13-29)39(24-30-14-10-7-11-15-30)35(41)25-40(31-19-18-27(3)33(37)23-31)45(43,44)32-20-16-26(2)17-21-32/h6-21,23,28,34H,5,22,24-25H2,1-4H3,(H,38,42)/t28-,34-/m1/s1. The van der Waals surface area contributed by atoms with Crippen molar-refractivity contribution in [3.05, 3.63) is 130 Å². The molecule has 2 amide bonds. The lowest BCUT2D eigenvalue weighted by atomic mass is 10.0. The molecule has 0 bridgehead atoms. The van der Waals surface area contributed by atoms with Gasteiger partial charge in [-0.3, -0.25) is 13.9 Å². The molecule has 1 N–H and O–H groups in total. The number of carbonyl (C=O) groups excluding carboxylic acids is 2. The van der Waals surface area contributed by atoms with Crippen molar-refractivity contribution in [2.24, 2.45) is 0 Å². The van der Waals surface area contributed by atoms with E-state index < -0.39 is 28.5 Å². The van der Waals surface area contributed by atoms with Crippen LogP contribution in [0.4, 0.5) is 5.69 Å². The van der Waals surface area contributed by atoms with E-state index in [1.165, 1.54) is 17.0 Å². The maximum Gasteiger partial charge on any atom is 0.264 e. The molecule has 0 radical (unpaired) electrons. The first-order valence-electron chi connectivity index (χ1n) is 15.0. The van der Waals surface area contributed by atoms with E-state index in [2.05, 4.69) is 5.32 Å². The minimum atomic E-state index is -4.20. The molecule has 7 nitrogen and oxygen atoms in total. The van der Waals surface area contributed by atoms with E-state index in [1.807, 2.05) is 88.4 Å². The molecule has 0 aliphatic rings. The molecule has 0 fully saturated rings. The van der Waals surface area contributed by atoms with Gasteiger partial charge in [0.05, 0.1) is 10.6 Å². The molecule has 0 heterocycles. The van der Waals surface area contributed by atoms with Gasteiger partial charge in [-0.1, -0.05) is 103 Å². The summed E-state index contributed by atoms with van der Waals surface area (Å²) >= 11 is 6.46. The van der Waals surface area contributed by atoms with Gasteiger partial charge in [-0.25, -0.2) is 8.42 Å². The Labute approximate surface area is 271 Å². The van der Waals surface area contributed by atoms with Crippen LogP contribution in [-0.4, -0.2) is 43.8 Å². The highest BCUT2D eigenvalue weighted by atomic mass is 35.5. The third-order valence-corrected chi connectivity index (χ3v) is 9.99. The van der Waals surface area contributed by atoms with E-state index in [4.69, 9.17) is 11.6 Å². The number of hydrogen-bond acceptors (Lipinski definition) is 4. The molecule has 0 aliphatic carbocycles. The van der Waals surface area contributed by atoms with Crippen LogP contribution in [0.3, 0.4) is 0 Å². The van der Waals surface area contributed by atoms with Crippen LogP contribution in [0, 0.1) is 13.8 Å². The zero-order valence-corrected chi connectivity index (χ0v) is 27.7. The minimum Gasteiger partial charge on any atom is -0.352 e. The fourth-order valence-corrected chi connectivity index (χ4v) is 6.46. The Morgan fingerprint density at radius 3 is 2.02 bits per heavy atom. The Hall–Kier alpha value is -4.14. The van der Waals surface area contributed by atoms with Crippen LogP contribution in [0.25, 0.3) is 0 Å². The molecule has 0 aromatic heterocycles. The summed E-state index contributed by atoms with van der Waals surface area (Å²) in [5.74, 6) is -0.824.